The molecule has 0 spiro atoms. The van der Waals surface area contributed by atoms with Crippen molar-refractivity contribution in [2.45, 2.75) is 0 Å². The first kappa shape index (κ1) is 14.5. The number of nitrogens with zero attached hydrogens (tertiary/aromatic N) is 1. The van der Waals surface area contributed by atoms with Crippen molar-refractivity contribution in [1.82, 2.24) is 0 Å². The molecule has 9 heteroatoms. The Balaban J connectivity index is 2.87. The summed E-state index contributed by atoms with van der Waals surface area (Å²) in [6.07, 6.45) is 0. The highest BCUT2D eigenvalue weighted by molar-refractivity contribution is 8.13. The Hall–Kier alpha value is -1.54. The van der Waals surface area contributed by atoms with E-state index in [1.807, 2.05) is 0 Å². The van der Waals surface area contributed by atoms with Crippen molar-refractivity contribution in [3.05, 3.63) is 28.3 Å². The molecular formula is C9H10ClNO6S. The molecule has 1 aromatic carbocycles. The summed E-state index contributed by atoms with van der Waals surface area (Å²) in [5.74, 6) is -0.146. The molecule has 0 radical (unpaired) electrons. The van der Waals surface area contributed by atoms with Crippen LogP contribution in [-0.2, 0) is 9.05 Å². The van der Waals surface area contributed by atoms with Gasteiger partial charge in [0.2, 0.25) is 14.8 Å². The molecule has 0 heterocycles. The average Bonchev–Trinajstić information content (AvgIpc) is 2.26. The quantitative estimate of drug-likeness (QED) is 0.449. The molecule has 0 saturated heterocycles. The van der Waals surface area contributed by atoms with Crippen LogP contribution in [0.2, 0.25) is 0 Å². The van der Waals surface area contributed by atoms with Crippen molar-refractivity contribution < 1.29 is 22.8 Å². The van der Waals surface area contributed by atoms with Crippen molar-refractivity contribution in [1.29, 1.82) is 0 Å². The SMILES string of the molecule is COc1ccc([N+](=O)[O-])c(OCCS(=O)(=O)Cl)c1. The van der Waals surface area contributed by atoms with Gasteiger partial charge in [-0.15, -0.1) is 0 Å². The lowest BCUT2D eigenvalue weighted by molar-refractivity contribution is -0.385. The molecule has 0 atom stereocenters. The Kier molecular flexibility index (Phi) is 4.74. The summed E-state index contributed by atoms with van der Waals surface area (Å²) in [5.41, 5.74) is -0.275. The van der Waals surface area contributed by atoms with Gasteiger partial charge in [0.15, 0.2) is 0 Å². The van der Waals surface area contributed by atoms with Crippen LogP contribution in [-0.4, -0.2) is 32.8 Å². The standard InChI is InChI=1S/C9H10ClNO6S/c1-16-7-2-3-8(11(12)13)9(6-7)17-4-5-18(10,14)15/h2-3,6H,4-5H2,1H3. The van der Waals surface area contributed by atoms with E-state index >= 15 is 0 Å². The third-order valence-corrected chi connectivity index (χ3v) is 3.07. The number of nitro groups is 1. The van der Waals surface area contributed by atoms with E-state index < -0.39 is 19.7 Å². The van der Waals surface area contributed by atoms with Gasteiger partial charge in [-0.2, -0.15) is 0 Å². The smallest absolute Gasteiger partial charge is 0.311 e. The van der Waals surface area contributed by atoms with E-state index in [1.54, 1.807) is 0 Å². The number of benzene rings is 1. The molecule has 0 bridgehead atoms. The summed E-state index contributed by atoms with van der Waals surface area (Å²) >= 11 is 0. The Labute approximate surface area is 108 Å². The van der Waals surface area contributed by atoms with Crippen molar-refractivity contribution in [3.8, 4) is 11.5 Å². The first-order valence-corrected chi connectivity index (χ1v) is 7.19. The first-order chi connectivity index (χ1) is 8.33. The minimum absolute atomic E-state index is 0.0698. The number of hydrogen-bond acceptors (Lipinski definition) is 6. The molecule has 0 unspecified atom stereocenters. The average molecular weight is 296 g/mol. The van der Waals surface area contributed by atoms with E-state index in [0.29, 0.717) is 5.75 Å². The number of methoxy groups -OCH3 is 1. The zero-order chi connectivity index (χ0) is 13.8. The van der Waals surface area contributed by atoms with Crippen LogP contribution in [0, 0.1) is 10.1 Å². The van der Waals surface area contributed by atoms with Crippen LogP contribution in [0.1, 0.15) is 0 Å². The van der Waals surface area contributed by atoms with Gasteiger partial charge in [0.05, 0.1) is 17.8 Å². The molecule has 0 aliphatic heterocycles. The topological polar surface area (TPSA) is 95.7 Å². The monoisotopic (exact) mass is 295 g/mol. The molecule has 1 rings (SSSR count). The fourth-order valence-corrected chi connectivity index (χ4v) is 1.61. The van der Waals surface area contributed by atoms with Crippen LogP contribution in [0.25, 0.3) is 0 Å². The zero-order valence-corrected chi connectivity index (χ0v) is 10.9. The third-order valence-electron chi connectivity index (χ3n) is 1.95. The second kappa shape index (κ2) is 5.87. The van der Waals surface area contributed by atoms with Crippen molar-refractivity contribution in [3.63, 3.8) is 0 Å². The van der Waals surface area contributed by atoms with E-state index in [9.17, 15) is 18.5 Å². The van der Waals surface area contributed by atoms with Gasteiger partial charge in [0, 0.05) is 22.8 Å². The maximum Gasteiger partial charge on any atom is 0.311 e. The van der Waals surface area contributed by atoms with E-state index in [4.69, 9.17) is 20.2 Å². The lowest BCUT2D eigenvalue weighted by atomic mass is 10.3. The van der Waals surface area contributed by atoms with Crippen LogP contribution in [0.3, 0.4) is 0 Å². The van der Waals surface area contributed by atoms with E-state index in [1.165, 1.54) is 25.3 Å². The zero-order valence-electron chi connectivity index (χ0n) is 9.33. The second-order valence-corrected chi connectivity index (χ2v) is 6.08. The van der Waals surface area contributed by atoms with Crippen molar-refractivity contribution >= 4 is 25.4 Å². The summed E-state index contributed by atoms with van der Waals surface area (Å²) in [4.78, 5) is 10.1. The van der Waals surface area contributed by atoms with Crippen LogP contribution >= 0.6 is 10.7 Å². The number of rotatable bonds is 6. The first-order valence-electron chi connectivity index (χ1n) is 4.71. The summed E-state index contributed by atoms with van der Waals surface area (Å²) in [5, 5.41) is 10.7. The molecule has 7 nitrogen and oxygen atoms in total. The number of hydrogen-bond donors (Lipinski definition) is 0. The molecule has 0 N–H and O–H groups in total. The molecule has 0 saturated carbocycles. The second-order valence-electron chi connectivity index (χ2n) is 3.18. The van der Waals surface area contributed by atoms with Crippen LogP contribution in [0.4, 0.5) is 5.69 Å². The predicted molar refractivity (Wildman–Crippen MR) is 64.8 cm³/mol. The minimum atomic E-state index is -3.70. The normalized spacial score (nSPS) is 11.0. The van der Waals surface area contributed by atoms with Gasteiger partial charge in [-0.05, 0) is 6.07 Å². The largest absolute Gasteiger partial charge is 0.497 e. The predicted octanol–water partition coefficient (Wildman–Crippen LogP) is 1.55. The fraction of sp³-hybridized carbons (Fsp3) is 0.333. The molecule has 0 aliphatic carbocycles. The Bertz CT molecular complexity index is 544. The van der Waals surface area contributed by atoms with Crippen molar-refractivity contribution in [2.75, 3.05) is 19.5 Å². The third kappa shape index (κ3) is 4.38. The maximum atomic E-state index is 10.7. The van der Waals surface area contributed by atoms with E-state index in [2.05, 4.69) is 0 Å². The van der Waals surface area contributed by atoms with Gasteiger partial charge in [-0.3, -0.25) is 10.1 Å². The summed E-state index contributed by atoms with van der Waals surface area (Å²) in [6.45, 7) is -0.278. The van der Waals surface area contributed by atoms with Gasteiger partial charge in [-0.1, -0.05) is 0 Å². The van der Waals surface area contributed by atoms with Gasteiger partial charge in [-0.25, -0.2) is 8.42 Å². The molecule has 0 amide bonds. The van der Waals surface area contributed by atoms with E-state index in [0.717, 1.165) is 0 Å². The maximum absolute atomic E-state index is 10.7. The molecule has 0 aromatic heterocycles. The lowest BCUT2D eigenvalue weighted by Gasteiger charge is -2.07. The summed E-state index contributed by atoms with van der Waals surface area (Å²) < 4.78 is 31.3. The van der Waals surface area contributed by atoms with Crippen molar-refractivity contribution in [2.24, 2.45) is 0 Å². The highest BCUT2D eigenvalue weighted by Gasteiger charge is 2.17. The summed E-state index contributed by atoms with van der Waals surface area (Å²) in [7, 11) is 2.69. The Morgan fingerprint density at radius 3 is 2.61 bits per heavy atom. The molecule has 1 aromatic rings. The van der Waals surface area contributed by atoms with Crippen LogP contribution in [0.5, 0.6) is 11.5 Å². The molecule has 100 valence electrons. The number of halogens is 1. The van der Waals surface area contributed by atoms with Crippen LogP contribution < -0.4 is 9.47 Å². The molecule has 0 fully saturated rings. The van der Waals surface area contributed by atoms with E-state index in [-0.39, 0.29) is 18.0 Å². The number of ether oxygens (including phenoxy) is 2. The summed E-state index contributed by atoms with van der Waals surface area (Å²) in [6, 6.07) is 3.92. The molecular weight excluding hydrogens is 286 g/mol. The Morgan fingerprint density at radius 2 is 2.11 bits per heavy atom. The highest BCUT2D eigenvalue weighted by Crippen LogP contribution is 2.30. The molecule has 0 aliphatic rings. The van der Waals surface area contributed by atoms with Gasteiger partial charge < -0.3 is 9.47 Å². The lowest BCUT2D eigenvalue weighted by Crippen LogP contribution is -2.09. The molecule has 18 heavy (non-hydrogen) atoms. The van der Waals surface area contributed by atoms with Gasteiger partial charge in [0.1, 0.15) is 12.4 Å². The highest BCUT2D eigenvalue weighted by atomic mass is 35.7. The van der Waals surface area contributed by atoms with Gasteiger partial charge in [0.25, 0.3) is 0 Å². The Morgan fingerprint density at radius 1 is 1.44 bits per heavy atom. The fourth-order valence-electron chi connectivity index (χ4n) is 1.14. The minimum Gasteiger partial charge on any atom is -0.497 e. The van der Waals surface area contributed by atoms with Gasteiger partial charge >= 0.3 is 5.69 Å². The van der Waals surface area contributed by atoms with Crippen LogP contribution in [0.15, 0.2) is 18.2 Å². The number of nitro benzene ring substituents is 1.